The Labute approximate surface area is 170 Å². The predicted octanol–water partition coefficient (Wildman–Crippen LogP) is -1.36. The van der Waals surface area contributed by atoms with E-state index in [0.29, 0.717) is 17.2 Å². The fourth-order valence-electron chi connectivity index (χ4n) is 3.33. The van der Waals surface area contributed by atoms with Crippen LogP contribution in [0.2, 0.25) is 0 Å². The molecule has 0 unspecified atom stereocenters. The summed E-state index contributed by atoms with van der Waals surface area (Å²) in [7, 11) is 0. The van der Waals surface area contributed by atoms with Crippen molar-refractivity contribution < 1.29 is 24.9 Å². The number of carbonyl (C=O) groups excluding carboxylic acids is 1. The number of aromatic nitrogens is 6. The van der Waals surface area contributed by atoms with Gasteiger partial charge in [-0.25, -0.2) is 14.3 Å². The second-order valence-corrected chi connectivity index (χ2v) is 6.87. The number of nitrogens with one attached hydrogen (secondary N) is 1. The van der Waals surface area contributed by atoms with Crippen molar-refractivity contribution in [3.63, 3.8) is 0 Å². The van der Waals surface area contributed by atoms with Gasteiger partial charge in [0.2, 0.25) is 5.91 Å². The molecule has 4 heterocycles. The van der Waals surface area contributed by atoms with Gasteiger partial charge in [0.1, 0.15) is 30.0 Å². The van der Waals surface area contributed by atoms with Crippen LogP contribution in [0.25, 0.3) is 17.2 Å². The first-order valence-corrected chi connectivity index (χ1v) is 9.26. The number of hydrogen-bond donors (Lipinski definition) is 4. The third-order valence-electron chi connectivity index (χ3n) is 4.78. The molecule has 1 aliphatic heterocycles. The normalized spacial score (nSPS) is 26.5. The van der Waals surface area contributed by atoms with Gasteiger partial charge in [0.05, 0.1) is 18.5 Å². The molecule has 0 saturated carbocycles. The van der Waals surface area contributed by atoms with E-state index in [1.807, 2.05) is 0 Å². The van der Waals surface area contributed by atoms with Gasteiger partial charge in [0.15, 0.2) is 12.0 Å². The summed E-state index contributed by atoms with van der Waals surface area (Å²) >= 11 is 0. The fraction of sp³-hybridized carbons (Fsp3) is 0.389. The number of rotatable bonds is 5. The lowest BCUT2D eigenvalue weighted by molar-refractivity contribution is -0.219. The van der Waals surface area contributed by atoms with Gasteiger partial charge in [0.25, 0.3) is 0 Å². The number of aliphatic hydroxyl groups excluding tert-OH is 3. The van der Waals surface area contributed by atoms with E-state index in [2.05, 4.69) is 25.7 Å². The Morgan fingerprint density at radius 1 is 1.23 bits per heavy atom. The number of hydrogen-bond acceptors (Lipinski definition) is 9. The van der Waals surface area contributed by atoms with E-state index in [1.54, 1.807) is 47.5 Å². The molecule has 0 aromatic carbocycles. The first-order chi connectivity index (χ1) is 14.5. The highest BCUT2D eigenvalue weighted by Gasteiger charge is 2.46. The lowest BCUT2D eigenvalue weighted by atomic mass is 9.96. The quantitative estimate of drug-likeness (QED) is 0.394. The van der Waals surface area contributed by atoms with Gasteiger partial charge < -0.3 is 25.4 Å². The summed E-state index contributed by atoms with van der Waals surface area (Å²) in [6, 6.07) is 6.13. The van der Waals surface area contributed by atoms with Gasteiger partial charge in [0, 0.05) is 19.3 Å². The zero-order valence-corrected chi connectivity index (χ0v) is 16.0. The van der Waals surface area contributed by atoms with Crippen LogP contribution in [-0.2, 0) is 9.53 Å². The van der Waals surface area contributed by atoms with E-state index in [1.165, 1.54) is 11.6 Å². The van der Waals surface area contributed by atoms with Gasteiger partial charge >= 0.3 is 0 Å². The summed E-state index contributed by atoms with van der Waals surface area (Å²) in [6.07, 6.45) is 0.151. The molecule has 0 aliphatic carbocycles. The highest BCUT2D eigenvalue weighted by atomic mass is 16.5. The maximum atomic E-state index is 11.6. The number of nitrogens with zero attached hydrogens (tertiary/aromatic N) is 6. The van der Waals surface area contributed by atoms with Crippen LogP contribution in [0.5, 0.6) is 0 Å². The Morgan fingerprint density at radius 2 is 2.07 bits per heavy atom. The minimum atomic E-state index is -1.38. The van der Waals surface area contributed by atoms with Crippen molar-refractivity contribution in [2.75, 3.05) is 6.61 Å². The molecular formula is C18H21N7O5. The fourth-order valence-corrected chi connectivity index (χ4v) is 3.33. The average molecular weight is 415 g/mol. The van der Waals surface area contributed by atoms with Gasteiger partial charge in [-0.3, -0.25) is 4.79 Å². The van der Waals surface area contributed by atoms with E-state index < -0.39 is 43.1 Å². The molecule has 1 amide bonds. The maximum Gasteiger partial charge on any atom is 0.217 e. The molecule has 0 radical (unpaired) electrons. The lowest BCUT2D eigenvalue weighted by Gasteiger charge is -2.42. The van der Waals surface area contributed by atoms with E-state index in [4.69, 9.17) is 4.74 Å². The summed E-state index contributed by atoms with van der Waals surface area (Å²) < 4.78 is 8.62. The highest BCUT2D eigenvalue weighted by Crippen LogP contribution is 2.29. The molecule has 3 aromatic heterocycles. The SMILES string of the molecule is CC(=O)N[C@@H]1[C@@H](O)[C@H](O)[C@@H](CO)O[C@H]1n1cc(-c2cccc(-n3cccn3)n2)nn1. The van der Waals surface area contributed by atoms with Gasteiger partial charge in [-0.05, 0) is 18.2 Å². The molecule has 4 rings (SSSR count). The number of ether oxygens (including phenoxy) is 1. The molecule has 5 atom stereocenters. The number of pyridine rings is 1. The molecule has 158 valence electrons. The average Bonchev–Trinajstić information content (AvgIpc) is 3.44. The van der Waals surface area contributed by atoms with Crippen molar-refractivity contribution in [3.8, 4) is 17.2 Å². The molecule has 1 fully saturated rings. The van der Waals surface area contributed by atoms with Crippen LogP contribution >= 0.6 is 0 Å². The third-order valence-corrected chi connectivity index (χ3v) is 4.78. The van der Waals surface area contributed by atoms with Crippen LogP contribution in [0.4, 0.5) is 0 Å². The van der Waals surface area contributed by atoms with Crippen LogP contribution < -0.4 is 5.32 Å². The smallest absolute Gasteiger partial charge is 0.217 e. The summed E-state index contributed by atoms with van der Waals surface area (Å²) in [5.74, 6) is 0.173. The van der Waals surface area contributed by atoms with Crippen molar-refractivity contribution in [2.45, 2.75) is 37.5 Å². The van der Waals surface area contributed by atoms with Crippen LogP contribution in [-0.4, -0.2) is 81.9 Å². The Balaban J connectivity index is 1.64. The molecule has 1 saturated heterocycles. The lowest BCUT2D eigenvalue weighted by Crippen LogP contribution is -2.62. The Hall–Kier alpha value is -3.19. The van der Waals surface area contributed by atoms with Crippen molar-refractivity contribution in [1.82, 2.24) is 35.1 Å². The second kappa shape index (κ2) is 8.28. The molecule has 4 N–H and O–H groups in total. The number of aliphatic hydroxyl groups is 3. The van der Waals surface area contributed by atoms with Crippen LogP contribution in [0, 0.1) is 0 Å². The standard InChI is InChI=1S/C18H21N7O5/c1-10(27)20-15-17(29)16(28)13(9-26)30-18(15)25-8-12(22-23-25)11-4-2-5-14(21-11)24-7-3-6-19-24/h2-8,13,15-18,26,28-29H,9H2,1H3,(H,20,27)/t13-,15-,16-,17-,18-/m1/s1. The van der Waals surface area contributed by atoms with Crippen LogP contribution in [0.15, 0.2) is 42.9 Å². The van der Waals surface area contributed by atoms with Crippen molar-refractivity contribution in [2.24, 2.45) is 0 Å². The summed E-state index contributed by atoms with van der Waals surface area (Å²) in [5.41, 5.74) is 0.954. The minimum Gasteiger partial charge on any atom is -0.394 e. The molecule has 0 spiro atoms. The molecule has 30 heavy (non-hydrogen) atoms. The summed E-state index contributed by atoms with van der Waals surface area (Å²) in [6.45, 7) is 0.766. The van der Waals surface area contributed by atoms with Gasteiger partial charge in [-0.1, -0.05) is 11.3 Å². The topological polar surface area (TPSA) is 160 Å². The Kier molecular flexibility index (Phi) is 5.55. The zero-order valence-electron chi connectivity index (χ0n) is 16.0. The Morgan fingerprint density at radius 3 is 2.77 bits per heavy atom. The van der Waals surface area contributed by atoms with E-state index in [0.717, 1.165) is 0 Å². The summed E-state index contributed by atoms with van der Waals surface area (Å²) in [5, 5.41) is 44.9. The second-order valence-electron chi connectivity index (χ2n) is 6.87. The highest BCUT2D eigenvalue weighted by molar-refractivity contribution is 5.73. The summed E-state index contributed by atoms with van der Waals surface area (Å²) in [4.78, 5) is 16.1. The predicted molar refractivity (Wildman–Crippen MR) is 101 cm³/mol. The van der Waals surface area contributed by atoms with Crippen molar-refractivity contribution in [3.05, 3.63) is 42.9 Å². The molecule has 12 nitrogen and oxygen atoms in total. The monoisotopic (exact) mass is 415 g/mol. The number of amides is 1. The van der Waals surface area contributed by atoms with E-state index in [-0.39, 0.29) is 0 Å². The van der Waals surface area contributed by atoms with Gasteiger partial charge in [-0.15, -0.1) is 5.10 Å². The van der Waals surface area contributed by atoms with E-state index in [9.17, 15) is 20.1 Å². The van der Waals surface area contributed by atoms with Gasteiger partial charge in [-0.2, -0.15) is 5.10 Å². The minimum absolute atomic E-state index is 0.420. The van der Waals surface area contributed by atoms with Crippen molar-refractivity contribution >= 4 is 5.91 Å². The number of carbonyl (C=O) groups is 1. The molecule has 0 bridgehead atoms. The van der Waals surface area contributed by atoms with E-state index >= 15 is 0 Å². The van der Waals surface area contributed by atoms with Crippen LogP contribution in [0.1, 0.15) is 13.2 Å². The maximum absolute atomic E-state index is 11.6. The Bertz CT molecular complexity index is 1010. The molecule has 12 heteroatoms. The molecule has 1 aliphatic rings. The van der Waals surface area contributed by atoms with Crippen LogP contribution in [0.3, 0.4) is 0 Å². The largest absolute Gasteiger partial charge is 0.394 e. The third kappa shape index (κ3) is 3.80. The molecule has 3 aromatic rings. The first-order valence-electron chi connectivity index (χ1n) is 9.26. The molecular weight excluding hydrogens is 394 g/mol. The first kappa shape index (κ1) is 20.1. The van der Waals surface area contributed by atoms with Crippen molar-refractivity contribution in [1.29, 1.82) is 0 Å². The zero-order chi connectivity index (χ0) is 21.3.